The molecule has 0 aliphatic heterocycles. The van der Waals surface area contributed by atoms with Crippen LogP contribution >= 0.6 is 0 Å². The molecule has 0 aliphatic carbocycles. The Hall–Kier alpha value is -1.75. The maximum atomic E-state index is 7.33. The summed E-state index contributed by atoms with van der Waals surface area (Å²) >= 11 is 0. The lowest BCUT2D eigenvalue weighted by atomic mass is 10.2. The van der Waals surface area contributed by atoms with Crippen LogP contribution in [0.3, 0.4) is 0 Å². The Morgan fingerprint density at radius 3 is 2.65 bits per heavy atom. The second-order valence-corrected chi connectivity index (χ2v) is 3.32. The molecule has 3 N–H and O–H groups in total. The Bertz CT molecular complexity index is 380. The highest BCUT2D eigenvalue weighted by atomic mass is 16.5. The van der Waals surface area contributed by atoms with Gasteiger partial charge in [0.1, 0.15) is 12.4 Å². The first-order chi connectivity index (χ1) is 8.19. The van der Waals surface area contributed by atoms with Crippen molar-refractivity contribution in [3.63, 3.8) is 0 Å². The van der Waals surface area contributed by atoms with Crippen LogP contribution in [0, 0.1) is 5.41 Å². The van der Waals surface area contributed by atoms with Crippen molar-refractivity contribution in [2.75, 3.05) is 26.9 Å². The number of hydrogen-bond acceptors (Lipinski definition) is 4. The van der Waals surface area contributed by atoms with Gasteiger partial charge >= 0.3 is 0 Å². The molecule has 0 amide bonds. The number of hydrogen-bond donors (Lipinski definition) is 2. The highest BCUT2D eigenvalue weighted by molar-refractivity contribution is 5.95. The molecule has 0 saturated heterocycles. The number of rotatable bonds is 7. The summed E-state index contributed by atoms with van der Waals surface area (Å²) < 4.78 is 15.8. The Morgan fingerprint density at radius 2 is 2.06 bits per heavy atom. The van der Waals surface area contributed by atoms with Gasteiger partial charge in [0, 0.05) is 12.2 Å². The molecule has 0 saturated carbocycles. The number of nitrogens with two attached hydrogens (primary N) is 1. The molecular formula is C12H18N2O3. The van der Waals surface area contributed by atoms with E-state index in [9.17, 15) is 0 Å². The normalized spacial score (nSPS) is 10.0. The molecule has 5 heteroatoms. The molecule has 0 bridgehead atoms. The average molecular weight is 238 g/mol. The Balaban J connectivity index is 2.68. The van der Waals surface area contributed by atoms with Gasteiger partial charge in [-0.2, -0.15) is 0 Å². The molecule has 1 rings (SSSR count). The van der Waals surface area contributed by atoms with Crippen LogP contribution in [0.5, 0.6) is 11.5 Å². The largest absolute Gasteiger partial charge is 0.493 e. The third kappa shape index (κ3) is 3.96. The van der Waals surface area contributed by atoms with Gasteiger partial charge in [-0.15, -0.1) is 0 Å². The van der Waals surface area contributed by atoms with Crippen molar-refractivity contribution >= 4 is 5.84 Å². The lowest BCUT2D eigenvalue weighted by Gasteiger charge is -2.11. The fraction of sp³-hybridized carbons (Fsp3) is 0.417. The molecule has 17 heavy (non-hydrogen) atoms. The summed E-state index contributed by atoms with van der Waals surface area (Å²) in [4.78, 5) is 0. The van der Waals surface area contributed by atoms with Crippen LogP contribution in [0.1, 0.15) is 12.5 Å². The summed E-state index contributed by atoms with van der Waals surface area (Å²) in [6, 6.07) is 5.14. The topological polar surface area (TPSA) is 77.6 Å². The fourth-order valence-electron chi connectivity index (χ4n) is 1.31. The fourth-order valence-corrected chi connectivity index (χ4v) is 1.31. The molecule has 1 aromatic carbocycles. The van der Waals surface area contributed by atoms with Gasteiger partial charge in [-0.25, -0.2) is 0 Å². The van der Waals surface area contributed by atoms with E-state index in [0.29, 0.717) is 36.9 Å². The lowest BCUT2D eigenvalue weighted by molar-refractivity contribution is 0.109. The predicted molar refractivity (Wildman–Crippen MR) is 66.0 cm³/mol. The minimum absolute atomic E-state index is 0.00386. The van der Waals surface area contributed by atoms with Gasteiger partial charge in [0.2, 0.25) is 0 Å². The number of nitrogens with one attached hydrogen (secondary N) is 1. The number of methoxy groups -OCH3 is 1. The number of benzene rings is 1. The standard InChI is InChI=1S/C12H18N2O3/c1-3-16-6-7-17-10-5-4-9(12(13)14)8-11(10)15-2/h4-5,8H,3,6-7H2,1-2H3,(H3,13,14). The average Bonchev–Trinajstić information content (AvgIpc) is 2.34. The molecule has 0 atom stereocenters. The zero-order chi connectivity index (χ0) is 12.7. The van der Waals surface area contributed by atoms with E-state index in [4.69, 9.17) is 25.4 Å². The molecule has 0 aliphatic rings. The minimum Gasteiger partial charge on any atom is -0.493 e. The smallest absolute Gasteiger partial charge is 0.161 e. The van der Waals surface area contributed by atoms with Crippen molar-refractivity contribution in [2.24, 2.45) is 5.73 Å². The first-order valence-electron chi connectivity index (χ1n) is 5.42. The summed E-state index contributed by atoms with van der Waals surface area (Å²) in [6.07, 6.45) is 0. The van der Waals surface area contributed by atoms with Crippen molar-refractivity contribution in [1.29, 1.82) is 5.41 Å². The van der Waals surface area contributed by atoms with E-state index in [1.165, 1.54) is 0 Å². The van der Waals surface area contributed by atoms with E-state index in [1.807, 2.05) is 6.92 Å². The van der Waals surface area contributed by atoms with E-state index in [2.05, 4.69) is 0 Å². The molecule has 5 nitrogen and oxygen atoms in total. The molecule has 1 aromatic rings. The summed E-state index contributed by atoms with van der Waals surface area (Å²) in [6.45, 7) is 3.60. The summed E-state index contributed by atoms with van der Waals surface area (Å²) in [5.74, 6) is 1.19. The number of ether oxygens (including phenoxy) is 3. The van der Waals surface area contributed by atoms with Crippen molar-refractivity contribution in [1.82, 2.24) is 0 Å². The van der Waals surface area contributed by atoms with E-state index < -0.39 is 0 Å². The first kappa shape index (κ1) is 13.3. The molecular weight excluding hydrogens is 220 g/mol. The summed E-state index contributed by atoms with van der Waals surface area (Å²) in [5, 5.41) is 7.33. The zero-order valence-corrected chi connectivity index (χ0v) is 10.2. The predicted octanol–water partition coefficient (Wildman–Crippen LogP) is 1.39. The van der Waals surface area contributed by atoms with Crippen LogP contribution in [-0.4, -0.2) is 32.8 Å². The Kier molecular flexibility index (Phi) is 5.29. The molecule has 0 fully saturated rings. The second-order valence-electron chi connectivity index (χ2n) is 3.32. The maximum Gasteiger partial charge on any atom is 0.161 e. The van der Waals surface area contributed by atoms with Crippen molar-refractivity contribution in [3.8, 4) is 11.5 Å². The van der Waals surface area contributed by atoms with Crippen molar-refractivity contribution < 1.29 is 14.2 Å². The van der Waals surface area contributed by atoms with Crippen molar-refractivity contribution in [2.45, 2.75) is 6.92 Å². The molecule has 94 valence electrons. The molecule has 0 heterocycles. The van der Waals surface area contributed by atoms with Gasteiger partial charge in [0.05, 0.1) is 13.7 Å². The molecule has 0 aromatic heterocycles. The van der Waals surface area contributed by atoms with Gasteiger partial charge < -0.3 is 19.9 Å². The van der Waals surface area contributed by atoms with Crippen molar-refractivity contribution in [3.05, 3.63) is 23.8 Å². The summed E-state index contributed by atoms with van der Waals surface area (Å²) in [5.41, 5.74) is 6.00. The monoisotopic (exact) mass is 238 g/mol. The SMILES string of the molecule is CCOCCOc1ccc(C(=N)N)cc1OC. The highest BCUT2D eigenvalue weighted by Crippen LogP contribution is 2.27. The first-order valence-corrected chi connectivity index (χ1v) is 5.42. The van der Waals surface area contributed by atoms with Crippen LogP contribution in [-0.2, 0) is 4.74 Å². The van der Waals surface area contributed by atoms with Gasteiger partial charge in [0.25, 0.3) is 0 Å². The highest BCUT2D eigenvalue weighted by Gasteiger charge is 2.07. The molecule has 0 radical (unpaired) electrons. The number of amidine groups is 1. The molecule has 0 unspecified atom stereocenters. The lowest BCUT2D eigenvalue weighted by Crippen LogP contribution is -2.12. The quantitative estimate of drug-likeness (QED) is 0.427. The minimum atomic E-state index is 0.00386. The third-order valence-corrected chi connectivity index (χ3v) is 2.16. The van der Waals surface area contributed by atoms with Gasteiger partial charge in [-0.1, -0.05) is 0 Å². The van der Waals surface area contributed by atoms with E-state index in [1.54, 1.807) is 25.3 Å². The van der Waals surface area contributed by atoms with Crippen LogP contribution in [0.25, 0.3) is 0 Å². The van der Waals surface area contributed by atoms with E-state index in [-0.39, 0.29) is 5.84 Å². The Morgan fingerprint density at radius 1 is 1.29 bits per heavy atom. The second kappa shape index (κ2) is 6.75. The maximum absolute atomic E-state index is 7.33. The molecule has 0 spiro atoms. The van der Waals surface area contributed by atoms with Crippen LogP contribution in [0.15, 0.2) is 18.2 Å². The van der Waals surface area contributed by atoms with Crippen LogP contribution in [0.2, 0.25) is 0 Å². The van der Waals surface area contributed by atoms with Gasteiger partial charge in [-0.3, -0.25) is 5.41 Å². The van der Waals surface area contributed by atoms with Gasteiger partial charge in [-0.05, 0) is 25.1 Å². The van der Waals surface area contributed by atoms with Gasteiger partial charge in [0.15, 0.2) is 11.5 Å². The summed E-state index contributed by atoms with van der Waals surface area (Å²) in [7, 11) is 1.55. The zero-order valence-electron chi connectivity index (χ0n) is 10.2. The van der Waals surface area contributed by atoms with Crippen LogP contribution < -0.4 is 15.2 Å². The van der Waals surface area contributed by atoms with E-state index in [0.717, 1.165) is 0 Å². The number of nitrogen functional groups attached to an aromatic ring is 1. The third-order valence-electron chi connectivity index (χ3n) is 2.16. The van der Waals surface area contributed by atoms with Crippen LogP contribution in [0.4, 0.5) is 0 Å². The Labute approximate surface area is 101 Å². The van der Waals surface area contributed by atoms with E-state index >= 15 is 0 Å².